The summed E-state index contributed by atoms with van der Waals surface area (Å²) in [6.07, 6.45) is 7.84. The lowest BCUT2D eigenvalue weighted by Gasteiger charge is -2.30. The highest BCUT2D eigenvalue weighted by Crippen LogP contribution is 2.40. The molecule has 1 heterocycles. The fourth-order valence-corrected chi connectivity index (χ4v) is 4.54. The van der Waals surface area contributed by atoms with E-state index >= 15 is 0 Å². The van der Waals surface area contributed by atoms with Crippen molar-refractivity contribution in [3.05, 3.63) is 16.1 Å². The van der Waals surface area contributed by atoms with E-state index in [-0.39, 0.29) is 11.0 Å². The number of rotatable bonds is 3. The Hall–Kier alpha value is -0.410. The fraction of sp³-hybridized carbons (Fsp3) is 0.824. The minimum Gasteiger partial charge on any atom is -0.308 e. The summed E-state index contributed by atoms with van der Waals surface area (Å²) in [6, 6.07) is 0. The molecule has 1 aromatic rings. The van der Waals surface area contributed by atoms with Crippen LogP contribution in [0.1, 0.15) is 76.9 Å². The van der Waals surface area contributed by atoms with Gasteiger partial charge in [0.2, 0.25) is 0 Å². The Morgan fingerprint density at radius 3 is 2.65 bits per heavy atom. The highest BCUT2D eigenvalue weighted by Gasteiger charge is 2.36. The largest absolute Gasteiger partial charge is 0.308 e. The predicted octanol–water partition coefficient (Wildman–Crippen LogP) is 4.85. The summed E-state index contributed by atoms with van der Waals surface area (Å²) in [6.45, 7) is 9.08. The molecule has 1 aromatic heterocycles. The molecule has 2 unspecified atom stereocenters. The molecule has 0 radical (unpaired) electrons. The number of hydrogen-bond acceptors (Lipinski definition) is 3. The molecule has 2 atom stereocenters. The maximum absolute atomic E-state index is 5.00. The molecule has 0 amide bonds. The average molecular weight is 295 g/mol. The standard InChI is InChI=1S/C17H30N2S/c1-6-13-8-7-10-17(18-5,11-9-13)15-19-14(12-20-15)16(2,3)4/h12-13,18H,6-11H2,1-5H3. The molecule has 0 spiro atoms. The number of nitrogens with one attached hydrogen (secondary N) is 1. The minimum atomic E-state index is 0.123. The zero-order chi connectivity index (χ0) is 14.8. The molecule has 3 heteroatoms. The van der Waals surface area contributed by atoms with Gasteiger partial charge in [-0.1, -0.05) is 47.0 Å². The van der Waals surface area contributed by atoms with Gasteiger partial charge in [-0.3, -0.25) is 0 Å². The van der Waals surface area contributed by atoms with Gasteiger partial charge in [0.1, 0.15) is 5.01 Å². The summed E-state index contributed by atoms with van der Waals surface area (Å²) < 4.78 is 0. The van der Waals surface area contributed by atoms with Crippen LogP contribution >= 0.6 is 11.3 Å². The van der Waals surface area contributed by atoms with E-state index in [2.05, 4.69) is 45.4 Å². The smallest absolute Gasteiger partial charge is 0.113 e. The Morgan fingerprint density at radius 2 is 2.10 bits per heavy atom. The van der Waals surface area contributed by atoms with Crippen LogP contribution in [0.2, 0.25) is 0 Å². The zero-order valence-corrected chi connectivity index (χ0v) is 14.6. The van der Waals surface area contributed by atoms with Crippen LogP contribution in [-0.4, -0.2) is 12.0 Å². The van der Waals surface area contributed by atoms with Gasteiger partial charge in [-0.15, -0.1) is 11.3 Å². The first-order valence-corrected chi connectivity index (χ1v) is 8.94. The van der Waals surface area contributed by atoms with Gasteiger partial charge in [-0.2, -0.15) is 0 Å². The van der Waals surface area contributed by atoms with Crippen LogP contribution in [0.4, 0.5) is 0 Å². The van der Waals surface area contributed by atoms with Crippen molar-refractivity contribution in [2.24, 2.45) is 5.92 Å². The lowest BCUT2D eigenvalue weighted by atomic mass is 9.89. The zero-order valence-electron chi connectivity index (χ0n) is 13.8. The van der Waals surface area contributed by atoms with E-state index in [0.29, 0.717) is 0 Å². The van der Waals surface area contributed by atoms with Gasteiger partial charge in [0.05, 0.1) is 11.2 Å². The van der Waals surface area contributed by atoms with Gasteiger partial charge in [0, 0.05) is 10.8 Å². The van der Waals surface area contributed by atoms with Crippen LogP contribution in [0.25, 0.3) is 0 Å². The molecule has 1 fully saturated rings. The van der Waals surface area contributed by atoms with Crippen LogP contribution in [0.3, 0.4) is 0 Å². The Bertz CT molecular complexity index is 432. The second-order valence-electron chi connectivity index (χ2n) is 7.33. The maximum atomic E-state index is 5.00. The van der Waals surface area contributed by atoms with Gasteiger partial charge in [-0.05, 0) is 32.2 Å². The van der Waals surface area contributed by atoms with E-state index in [4.69, 9.17) is 4.98 Å². The minimum absolute atomic E-state index is 0.123. The summed E-state index contributed by atoms with van der Waals surface area (Å²) in [5, 5.41) is 7.20. The monoisotopic (exact) mass is 294 g/mol. The summed E-state index contributed by atoms with van der Waals surface area (Å²) in [5.41, 5.74) is 1.52. The molecular formula is C17H30N2S. The van der Waals surface area contributed by atoms with Crippen molar-refractivity contribution in [1.82, 2.24) is 10.3 Å². The van der Waals surface area contributed by atoms with Crippen molar-refractivity contribution < 1.29 is 0 Å². The number of thiazole rings is 1. The van der Waals surface area contributed by atoms with Crippen LogP contribution in [-0.2, 0) is 11.0 Å². The Morgan fingerprint density at radius 1 is 1.35 bits per heavy atom. The molecule has 2 nitrogen and oxygen atoms in total. The van der Waals surface area contributed by atoms with Gasteiger partial charge in [0.25, 0.3) is 0 Å². The highest BCUT2D eigenvalue weighted by molar-refractivity contribution is 7.09. The molecule has 20 heavy (non-hydrogen) atoms. The van der Waals surface area contributed by atoms with Crippen molar-refractivity contribution >= 4 is 11.3 Å². The Balaban J connectivity index is 2.24. The second-order valence-corrected chi connectivity index (χ2v) is 8.18. The van der Waals surface area contributed by atoms with E-state index in [1.54, 1.807) is 0 Å². The average Bonchev–Trinajstić information content (AvgIpc) is 2.81. The third kappa shape index (κ3) is 3.25. The van der Waals surface area contributed by atoms with Crippen LogP contribution in [0, 0.1) is 5.92 Å². The van der Waals surface area contributed by atoms with Crippen molar-refractivity contribution in [3.63, 3.8) is 0 Å². The molecule has 0 aliphatic heterocycles. The van der Waals surface area contributed by atoms with Crippen molar-refractivity contribution in [1.29, 1.82) is 0 Å². The first-order chi connectivity index (χ1) is 9.41. The molecule has 1 saturated carbocycles. The van der Waals surface area contributed by atoms with E-state index in [0.717, 1.165) is 5.92 Å². The van der Waals surface area contributed by atoms with E-state index in [1.807, 2.05) is 11.3 Å². The summed E-state index contributed by atoms with van der Waals surface area (Å²) in [5.74, 6) is 0.910. The first kappa shape index (κ1) is 16.0. The van der Waals surface area contributed by atoms with Crippen molar-refractivity contribution in [2.75, 3.05) is 7.05 Å². The number of nitrogens with zero attached hydrogens (tertiary/aromatic N) is 1. The molecule has 1 aliphatic carbocycles. The van der Waals surface area contributed by atoms with Gasteiger partial charge in [-0.25, -0.2) is 4.98 Å². The third-order valence-electron chi connectivity index (χ3n) is 4.93. The van der Waals surface area contributed by atoms with Gasteiger partial charge >= 0.3 is 0 Å². The molecule has 1 aliphatic rings. The number of aromatic nitrogens is 1. The fourth-order valence-electron chi connectivity index (χ4n) is 3.23. The molecule has 114 valence electrons. The quantitative estimate of drug-likeness (QED) is 0.806. The highest BCUT2D eigenvalue weighted by atomic mass is 32.1. The topological polar surface area (TPSA) is 24.9 Å². The van der Waals surface area contributed by atoms with Crippen LogP contribution < -0.4 is 5.32 Å². The van der Waals surface area contributed by atoms with Crippen LogP contribution in [0.5, 0.6) is 0 Å². The van der Waals surface area contributed by atoms with Crippen molar-refractivity contribution in [3.8, 4) is 0 Å². The maximum Gasteiger partial charge on any atom is 0.113 e. The van der Waals surface area contributed by atoms with E-state index in [9.17, 15) is 0 Å². The Kier molecular flexibility index (Phi) is 4.91. The predicted molar refractivity (Wildman–Crippen MR) is 88.4 cm³/mol. The third-order valence-corrected chi connectivity index (χ3v) is 5.98. The molecule has 1 N–H and O–H groups in total. The summed E-state index contributed by atoms with van der Waals surface area (Å²) >= 11 is 1.85. The van der Waals surface area contributed by atoms with Crippen LogP contribution in [0.15, 0.2) is 5.38 Å². The van der Waals surface area contributed by atoms with Crippen molar-refractivity contribution in [2.45, 2.75) is 77.2 Å². The SMILES string of the molecule is CCC1CCCC(NC)(c2nc(C(C)(C)C)cs2)CC1. The molecule has 0 bridgehead atoms. The van der Waals surface area contributed by atoms with Gasteiger partial charge in [0.15, 0.2) is 0 Å². The molecule has 2 rings (SSSR count). The summed E-state index contributed by atoms with van der Waals surface area (Å²) in [7, 11) is 2.12. The lowest BCUT2D eigenvalue weighted by molar-refractivity contribution is 0.305. The molecule has 0 saturated heterocycles. The Labute approximate surface area is 128 Å². The normalized spacial score (nSPS) is 28.4. The molecule has 0 aromatic carbocycles. The number of hydrogen-bond donors (Lipinski definition) is 1. The van der Waals surface area contributed by atoms with E-state index < -0.39 is 0 Å². The summed E-state index contributed by atoms with van der Waals surface area (Å²) in [4.78, 5) is 5.00. The van der Waals surface area contributed by atoms with Gasteiger partial charge < -0.3 is 5.32 Å². The lowest BCUT2D eigenvalue weighted by Crippen LogP contribution is -2.39. The van der Waals surface area contributed by atoms with E-state index in [1.165, 1.54) is 49.2 Å². The first-order valence-electron chi connectivity index (χ1n) is 8.06. The second kappa shape index (κ2) is 6.15. The molecular weight excluding hydrogens is 264 g/mol.